The zero-order valence-electron chi connectivity index (χ0n) is 9.20. The number of aryl methyl sites for hydroxylation is 2. The molecule has 0 N–H and O–H groups in total. The lowest BCUT2D eigenvalue weighted by atomic mass is 10.0. The van der Waals surface area contributed by atoms with Gasteiger partial charge in [-0.05, 0) is 36.1 Å². The van der Waals surface area contributed by atoms with E-state index in [4.69, 9.17) is 0 Å². The fraction of sp³-hybridized carbons (Fsp3) is 0.133. The highest BCUT2D eigenvalue weighted by Gasteiger charge is 1.98. The van der Waals surface area contributed by atoms with Crippen LogP contribution in [0.1, 0.15) is 22.3 Å². The van der Waals surface area contributed by atoms with Gasteiger partial charge in [0, 0.05) is 6.42 Å². The first kappa shape index (κ1) is 9.97. The van der Waals surface area contributed by atoms with E-state index in [2.05, 4.69) is 62.7 Å². The number of hydrogen-bond acceptors (Lipinski definition) is 0. The summed E-state index contributed by atoms with van der Waals surface area (Å²) in [7, 11) is 0. The van der Waals surface area contributed by atoms with E-state index in [1.54, 1.807) is 0 Å². The molecule has 0 aromatic heterocycles. The summed E-state index contributed by atoms with van der Waals surface area (Å²) in [5.74, 6) is 0. The monoisotopic (exact) mass is 195 g/mol. The average molecular weight is 195 g/mol. The highest BCUT2D eigenvalue weighted by atomic mass is 14.0. The number of hydrogen-bond donors (Lipinski definition) is 0. The molecule has 0 unspecified atom stereocenters. The fourth-order valence-corrected chi connectivity index (χ4v) is 1.60. The molecule has 1 radical (unpaired) electrons. The third-order valence-electron chi connectivity index (χ3n) is 2.66. The SMILES string of the molecule is Cc1ccc([CH]c2ccccc2)cc1C. The lowest BCUT2D eigenvalue weighted by Crippen LogP contribution is -1.87. The standard InChI is InChI=1S/C15H15/c1-12-8-9-15(10-13(12)2)11-14-6-4-3-5-7-14/h3-11H,1-2H3. The van der Waals surface area contributed by atoms with Crippen molar-refractivity contribution in [1.29, 1.82) is 0 Å². The molecular weight excluding hydrogens is 180 g/mol. The molecule has 0 aliphatic rings. The van der Waals surface area contributed by atoms with Crippen molar-refractivity contribution in [3.8, 4) is 0 Å². The second-order valence-corrected chi connectivity index (χ2v) is 3.90. The predicted molar refractivity (Wildman–Crippen MR) is 64.9 cm³/mol. The van der Waals surface area contributed by atoms with Crippen LogP contribution in [-0.2, 0) is 0 Å². The maximum absolute atomic E-state index is 2.22. The lowest BCUT2D eigenvalue weighted by Gasteiger charge is -2.04. The van der Waals surface area contributed by atoms with Crippen molar-refractivity contribution in [3.63, 3.8) is 0 Å². The molecule has 2 aromatic rings. The minimum Gasteiger partial charge on any atom is -0.0622 e. The van der Waals surface area contributed by atoms with Crippen molar-refractivity contribution in [2.24, 2.45) is 0 Å². The Morgan fingerprint density at radius 1 is 0.733 bits per heavy atom. The van der Waals surface area contributed by atoms with Gasteiger partial charge in [-0.1, -0.05) is 48.5 Å². The molecule has 2 aromatic carbocycles. The molecule has 0 spiro atoms. The molecule has 2 rings (SSSR count). The van der Waals surface area contributed by atoms with Gasteiger partial charge in [0.15, 0.2) is 0 Å². The average Bonchev–Trinajstić information content (AvgIpc) is 2.25. The van der Waals surface area contributed by atoms with Crippen LogP contribution in [0, 0.1) is 20.3 Å². The van der Waals surface area contributed by atoms with Crippen LogP contribution in [0.2, 0.25) is 0 Å². The van der Waals surface area contributed by atoms with E-state index in [0.717, 1.165) is 0 Å². The summed E-state index contributed by atoms with van der Waals surface area (Å²) in [6.45, 7) is 4.29. The van der Waals surface area contributed by atoms with Crippen molar-refractivity contribution >= 4 is 0 Å². The Labute approximate surface area is 91.6 Å². The van der Waals surface area contributed by atoms with Gasteiger partial charge in [-0.25, -0.2) is 0 Å². The molecule has 75 valence electrons. The molecule has 0 aliphatic carbocycles. The third kappa shape index (κ3) is 2.47. The van der Waals surface area contributed by atoms with Crippen LogP contribution < -0.4 is 0 Å². The van der Waals surface area contributed by atoms with E-state index in [1.807, 2.05) is 6.07 Å². The summed E-state index contributed by atoms with van der Waals surface area (Å²) in [5.41, 5.74) is 5.21. The van der Waals surface area contributed by atoms with E-state index >= 15 is 0 Å². The summed E-state index contributed by atoms with van der Waals surface area (Å²) in [4.78, 5) is 0. The molecule has 0 bridgehead atoms. The van der Waals surface area contributed by atoms with Gasteiger partial charge in [0.05, 0.1) is 0 Å². The highest BCUT2D eigenvalue weighted by molar-refractivity contribution is 5.40. The van der Waals surface area contributed by atoms with Gasteiger partial charge < -0.3 is 0 Å². The Morgan fingerprint density at radius 3 is 2.13 bits per heavy atom. The van der Waals surface area contributed by atoms with E-state index < -0.39 is 0 Å². The zero-order valence-corrected chi connectivity index (χ0v) is 9.20. The quantitative estimate of drug-likeness (QED) is 0.681. The van der Waals surface area contributed by atoms with Crippen molar-refractivity contribution in [2.75, 3.05) is 0 Å². The highest BCUT2D eigenvalue weighted by Crippen LogP contribution is 2.15. The molecule has 0 heteroatoms. The first-order valence-electron chi connectivity index (χ1n) is 5.23. The smallest absolute Gasteiger partial charge is 0.0199 e. The molecule has 0 nitrogen and oxygen atoms in total. The van der Waals surface area contributed by atoms with E-state index in [9.17, 15) is 0 Å². The second-order valence-electron chi connectivity index (χ2n) is 3.90. The van der Waals surface area contributed by atoms with Crippen molar-refractivity contribution in [3.05, 3.63) is 77.2 Å². The van der Waals surface area contributed by atoms with Crippen LogP contribution in [0.25, 0.3) is 0 Å². The number of rotatable bonds is 2. The molecule has 0 heterocycles. The Balaban J connectivity index is 2.22. The normalized spacial score (nSPS) is 10.3. The Hall–Kier alpha value is -1.56. The molecule has 0 saturated carbocycles. The molecule has 0 atom stereocenters. The van der Waals surface area contributed by atoms with Crippen LogP contribution in [0.15, 0.2) is 48.5 Å². The minimum atomic E-state index is 1.25. The van der Waals surface area contributed by atoms with Crippen molar-refractivity contribution < 1.29 is 0 Å². The predicted octanol–water partition coefficient (Wildman–Crippen LogP) is 3.90. The second kappa shape index (κ2) is 4.31. The molecule has 15 heavy (non-hydrogen) atoms. The van der Waals surface area contributed by atoms with E-state index in [0.29, 0.717) is 0 Å². The maximum atomic E-state index is 2.22. The van der Waals surface area contributed by atoms with Gasteiger partial charge >= 0.3 is 0 Å². The summed E-state index contributed by atoms with van der Waals surface area (Å²) < 4.78 is 0. The first-order valence-corrected chi connectivity index (χ1v) is 5.23. The van der Waals surface area contributed by atoms with Crippen LogP contribution in [0.5, 0.6) is 0 Å². The van der Waals surface area contributed by atoms with Gasteiger partial charge in [-0.2, -0.15) is 0 Å². The summed E-state index contributed by atoms with van der Waals surface area (Å²) >= 11 is 0. The van der Waals surface area contributed by atoms with Crippen LogP contribution in [0.4, 0.5) is 0 Å². The first-order chi connectivity index (χ1) is 7.25. The summed E-state index contributed by atoms with van der Waals surface area (Å²) in [5, 5.41) is 0. The molecular formula is C15H15. The van der Waals surface area contributed by atoms with Gasteiger partial charge in [0.25, 0.3) is 0 Å². The topological polar surface area (TPSA) is 0 Å². The lowest BCUT2D eigenvalue weighted by molar-refractivity contribution is 1.30. The van der Waals surface area contributed by atoms with E-state index in [1.165, 1.54) is 22.3 Å². The fourth-order valence-electron chi connectivity index (χ4n) is 1.60. The van der Waals surface area contributed by atoms with E-state index in [-0.39, 0.29) is 0 Å². The van der Waals surface area contributed by atoms with Crippen LogP contribution in [0.3, 0.4) is 0 Å². The Kier molecular flexibility index (Phi) is 2.86. The minimum absolute atomic E-state index is 1.25. The summed E-state index contributed by atoms with van der Waals surface area (Å²) in [6.07, 6.45) is 2.20. The number of benzene rings is 2. The maximum Gasteiger partial charge on any atom is 0.0199 e. The molecule has 0 aliphatic heterocycles. The molecule has 0 fully saturated rings. The molecule has 0 saturated heterocycles. The van der Waals surface area contributed by atoms with Crippen LogP contribution in [-0.4, -0.2) is 0 Å². The van der Waals surface area contributed by atoms with Gasteiger partial charge in [0.1, 0.15) is 0 Å². The van der Waals surface area contributed by atoms with Gasteiger partial charge in [0.2, 0.25) is 0 Å². The Bertz CT molecular complexity index is 441. The summed E-state index contributed by atoms with van der Waals surface area (Å²) in [6, 6.07) is 17.0. The zero-order chi connectivity index (χ0) is 10.7. The van der Waals surface area contributed by atoms with Crippen molar-refractivity contribution in [1.82, 2.24) is 0 Å². The van der Waals surface area contributed by atoms with Gasteiger partial charge in [-0.3, -0.25) is 0 Å². The van der Waals surface area contributed by atoms with Crippen molar-refractivity contribution in [2.45, 2.75) is 13.8 Å². The molecule has 0 amide bonds. The Morgan fingerprint density at radius 2 is 1.47 bits per heavy atom. The third-order valence-corrected chi connectivity index (χ3v) is 2.66. The van der Waals surface area contributed by atoms with Gasteiger partial charge in [-0.15, -0.1) is 0 Å². The largest absolute Gasteiger partial charge is 0.0622 e. The van der Waals surface area contributed by atoms with Crippen LogP contribution >= 0.6 is 0 Å².